The zero-order chi connectivity index (χ0) is 18.5. The van der Waals surface area contributed by atoms with Gasteiger partial charge in [0.2, 0.25) is 0 Å². The fourth-order valence-electron chi connectivity index (χ4n) is 3.03. The summed E-state index contributed by atoms with van der Waals surface area (Å²) >= 11 is 6.15. The minimum absolute atomic E-state index is 0.0389. The minimum Gasteiger partial charge on any atom is -0.472 e. The molecular weight excluding hydrogens is 357 g/mol. The van der Waals surface area contributed by atoms with Gasteiger partial charge in [-0.2, -0.15) is 0 Å². The van der Waals surface area contributed by atoms with Gasteiger partial charge in [0.1, 0.15) is 0 Å². The summed E-state index contributed by atoms with van der Waals surface area (Å²) in [7, 11) is 0. The van der Waals surface area contributed by atoms with Crippen molar-refractivity contribution in [2.24, 2.45) is 0 Å². The van der Waals surface area contributed by atoms with Gasteiger partial charge in [-0.05, 0) is 49.4 Å². The van der Waals surface area contributed by atoms with Gasteiger partial charge >= 0.3 is 0 Å². The molecule has 0 aliphatic rings. The second-order valence-corrected chi connectivity index (χ2v) is 7.55. The Kier molecular flexibility index (Phi) is 3.84. The molecule has 0 radical (unpaired) electrons. The first-order chi connectivity index (χ1) is 12.4. The number of benzene rings is 1. The van der Waals surface area contributed by atoms with Crippen molar-refractivity contribution in [2.75, 3.05) is 0 Å². The van der Waals surface area contributed by atoms with E-state index >= 15 is 4.39 Å². The van der Waals surface area contributed by atoms with E-state index in [1.807, 2.05) is 43.7 Å². The lowest BCUT2D eigenvalue weighted by atomic mass is 10.1. The average molecular weight is 374 g/mol. The van der Waals surface area contributed by atoms with Gasteiger partial charge in [-0.25, -0.2) is 9.07 Å². The van der Waals surface area contributed by atoms with Crippen molar-refractivity contribution in [1.29, 1.82) is 0 Å². The Bertz CT molecular complexity index is 1080. The van der Waals surface area contributed by atoms with Crippen LogP contribution < -0.4 is 0 Å². The molecule has 4 aromatic rings. The summed E-state index contributed by atoms with van der Waals surface area (Å²) in [5, 5.41) is 12.8. The van der Waals surface area contributed by atoms with Crippen molar-refractivity contribution in [3.63, 3.8) is 0 Å². The predicted octanol–water partition coefficient (Wildman–Crippen LogP) is 4.48. The van der Waals surface area contributed by atoms with E-state index < -0.39 is 11.4 Å². The van der Waals surface area contributed by atoms with Gasteiger partial charge in [0.05, 0.1) is 40.7 Å². The van der Waals surface area contributed by atoms with E-state index in [0.717, 1.165) is 10.9 Å². The predicted molar refractivity (Wildman–Crippen MR) is 96.5 cm³/mol. The van der Waals surface area contributed by atoms with Crippen LogP contribution in [-0.4, -0.2) is 24.8 Å². The fraction of sp³-hybridized carbons (Fsp3) is 0.278. The number of nitrogens with zero attached hydrogens (tertiary/aromatic N) is 5. The SMILES string of the molecule is CC(C)(C)n1nnnc1-c1c(F)c(Cl)cc2ccn(Cc3ccoc3)c12. The Morgan fingerprint density at radius 3 is 2.77 bits per heavy atom. The number of tetrazole rings is 1. The third kappa shape index (κ3) is 2.68. The van der Waals surface area contributed by atoms with E-state index in [2.05, 4.69) is 15.5 Å². The molecule has 4 rings (SSSR count). The Morgan fingerprint density at radius 1 is 1.27 bits per heavy atom. The molecule has 0 saturated heterocycles. The molecule has 8 heteroatoms. The van der Waals surface area contributed by atoms with Crippen LogP contribution in [0.4, 0.5) is 4.39 Å². The van der Waals surface area contributed by atoms with Crippen LogP contribution in [0, 0.1) is 5.82 Å². The Morgan fingerprint density at radius 2 is 2.08 bits per heavy atom. The van der Waals surface area contributed by atoms with Crippen LogP contribution in [0.25, 0.3) is 22.3 Å². The largest absolute Gasteiger partial charge is 0.472 e. The Balaban J connectivity index is 2.00. The zero-order valence-corrected chi connectivity index (χ0v) is 15.3. The maximum absolute atomic E-state index is 15.1. The Labute approximate surface area is 154 Å². The first-order valence-electron chi connectivity index (χ1n) is 8.13. The molecule has 0 spiro atoms. The van der Waals surface area contributed by atoms with Crippen molar-refractivity contribution in [1.82, 2.24) is 24.8 Å². The Hall–Kier alpha value is -2.67. The third-order valence-electron chi connectivity index (χ3n) is 4.20. The van der Waals surface area contributed by atoms with Gasteiger partial charge < -0.3 is 8.98 Å². The molecule has 0 fully saturated rings. The molecule has 3 aromatic heterocycles. The molecule has 0 bridgehead atoms. The zero-order valence-electron chi connectivity index (χ0n) is 14.6. The molecule has 6 nitrogen and oxygen atoms in total. The van der Waals surface area contributed by atoms with Crippen LogP contribution in [0.15, 0.2) is 41.3 Å². The summed E-state index contributed by atoms with van der Waals surface area (Å²) in [5.41, 5.74) is 1.54. The number of aromatic nitrogens is 5. The molecule has 1 aromatic carbocycles. The van der Waals surface area contributed by atoms with E-state index in [-0.39, 0.29) is 5.02 Å². The number of hydrogen-bond acceptors (Lipinski definition) is 4. The summed E-state index contributed by atoms with van der Waals surface area (Å²) in [4.78, 5) is 0. The fourth-order valence-corrected chi connectivity index (χ4v) is 3.24. The highest BCUT2D eigenvalue weighted by atomic mass is 35.5. The van der Waals surface area contributed by atoms with E-state index in [1.165, 1.54) is 0 Å². The van der Waals surface area contributed by atoms with Crippen LogP contribution in [-0.2, 0) is 12.1 Å². The van der Waals surface area contributed by atoms with Crippen LogP contribution in [0.1, 0.15) is 26.3 Å². The molecule has 134 valence electrons. The lowest BCUT2D eigenvalue weighted by Crippen LogP contribution is -2.24. The maximum atomic E-state index is 15.1. The second kappa shape index (κ2) is 5.95. The molecular formula is C18H17ClFN5O. The summed E-state index contributed by atoms with van der Waals surface area (Å²) in [6.07, 6.45) is 5.17. The number of rotatable bonds is 3. The van der Waals surface area contributed by atoms with Gasteiger partial charge in [0, 0.05) is 17.1 Å². The molecule has 0 amide bonds. The number of halogens is 2. The van der Waals surface area contributed by atoms with Crippen LogP contribution >= 0.6 is 11.6 Å². The molecule has 0 unspecified atom stereocenters. The minimum atomic E-state index is -0.536. The van der Waals surface area contributed by atoms with Crippen molar-refractivity contribution >= 4 is 22.5 Å². The van der Waals surface area contributed by atoms with Crippen molar-refractivity contribution in [2.45, 2.75) is 32.9 Å². The second-order valence-electron chi connectivity index (χ2n) is 7.15. The van der Waals surface area contributed by atoms with Crippen molar-refractivity contribution in [3.05, 3.63) is 53.3 Å². The average Bonchev–Trinajstić information content (AvgIpc) is 3.30. The quantitative estimate of drug-likeness (QED) is 0.531. The van der Waals surface area contributed by atoms with Gasteiger partial charge in [-0.3, -0.25) is 0 Å². The first kappa shape index (κ1) is 16.8. The summed E-state index contributed by atoms with van der Waals surface area (Å²) < 4.78 is 23.8. The highest BCUT2D eigenvalue weighted by molar-refractivity contribution is 6.32. The van der Waals surface area contributed by atoms with Crippen molar-refractivity contribution < 1.29 is 8.81 Å². The summed E-state index contributed by atoms with van der Waals surface area (Å²) in [5.74, 6) is -0.193. The van der Waals surface area contributed by atoms with Gasteiger partial charge in [0.15, 0.2) is 11.6 Å². The van der Waals surface area contributed by atoms with Gasteiger partial charge in [-0.1, -0.05) is 11.6 Å². The van der Waals surface area contributed by atoms with E-state index in [1.54, 1.807) is 23.3 Å². The number of furan rings is 1. The topological polar surface area (TPSA) is 61.7 Å². The monoisotopic (exact) mass is 373 g/mol. The molecule has 0 atom stereocenters. The van der Waals surface area contributed by atoms with E-state index in [9.17, 15) is 0 Å². The highest BCUT2D eigenvalue weighted by Gasteiger charge is 2.27. The van der Waals surface area contributed by atoms with Crippen LogP contribution in [0.2, 0.25) is 5.02 Å². The van der Waals surface area contributed by atoms with E-state index in [0.29, 0.717) is 23.4 Å². The molecule has 0 aliphatic heterocycles. The van der Waals surface area contributed by atoms with Crippen LogP contribution in [0.5, 0.6) is 0 Å². The molecule has 0 N–H and O–H groups in total. The van der Waals surface area contributed by atoms with Gasteiger partial charge in [-0.15, -0.1) is 5.10 Å². The van der Waals surface area contributed by atoms with Crippen molar-refractivity contribution in [3.8, 4) is 11.4 Å². The third-order valence-corrected chi connectivity index (χ3v) is 4.48. The number of fused-ring (bicyclic) bond motifs is 1. The summed E-state index contributed by atoms with van der Waals surface area (Å²) in [6, 6.07) is 5.39. The van der Waals surface area contributed by atoms with Gasteiger partial charge in [0.25, 0.3) is 0 Å². The lowest BCUT2D eigenvalue weighted by Gasteiger charge is -2.21. The standard InChI is InChI=1S/C18H17ClFN5O/c1-18(2,3)25-17(21-22-23-25)14-15(20)13(19)8-12-4-6-24(16(12)14)9-11-5-7-26-10-11/h4-8,10H,9H2,1-3H3. The smallest absolute Gasteiger partial charge is 0.187 e. The summed E-state index contributed by atoms with van der Waals surface area (Å²) in [6.45, 7) is 6.40. The normalized spacial score (nSPS) is 12.2. The number of hydrogen-bond donors (Lipinski definition) is 0. The first-order valence-corrected chi connectivity index (χ1v) is 8.51. The lowest BCUT2D eigenvalue weighted by molar-refractivity contribution is 0.350. The molecule has 0 aliphatic carbocycles. The maximum Gasteiger partial charge on any atom is 0.187 e. The molecule has 3 heterocycles. The van der Waals surface area contributed by atoms with E-state index in [4.69, 9.17) is 16.0 Å². The highest BCUT2D eigenvalue weighted by Crippen LogP contribution is 2.36. The molecule has 0 saturated carbocycles. The molecule has 26 heavy (non-hydrogen) atoms. The van der Waals surface area contributed by atoms with Crippen LogP contribution in [0.3, 0.4) is 0 Å².